The second kappa shape index (κ2) is 3.57. The second-order valence-corrected chi connectivity index (χ2v) is 2.17. The summed E-state index contributed by atoms with van der Waals surface area (Å²) in [4.78, 5) is 0. The Labute approximate surface area is 65.7 Å². The van der Waals surface area contributed by atoms with Gasteiger partial charge in [-0.25, -0.2) is 0 Å². The van der Waals surface area contributed by atoms with Gasteiger partial charge in [-0.15, -0.1) is 0 Å². The molecule has 0 spiro atoms. The van der Waals surface area contributed by atoms with Crippen molar-refractivity contribution >= 4 is 25.5 Å². The summed E-state index contributed by atoms with van der Waals surface area (Å²) in [5.74, 6) is 0. The van der Waals surface area contributed by atoms with Crippen LogP contribution in [0.2, 0.25) is 0 Å². The highest BCUT2D eigenvalue weighted by Crippen LogP contribution is 1.80. The molecule has 0 fully saturated rings. The van der Waals surface area contributed by atoms with Crippen LogP contribution in [0.25, 0.3) is 0 Å². The molecule has 0 heterocycles. The number of rotatable bonds is 2. The second-order valence-electron chi connectivity index (χ2n) is 2.17. The lowest BCUT2D eigenvalue weighted by molar-refractivity contribution is 0.426. The van der Waals surface area contributed by atoms with Gasteiger partial charge in [0.1, 0.15) is 0 Å². The van der Waals surface area contributed by atoms with Crippen molar-refractivity contribution in [2.75, 3.05) is 0 Å². The molecule has 0 unspecified atom stereocenters. The van der Waals surface area contributed by atoms with Crippen molar-refractivity contribution in [2.24, 2.45) is 0 Å². The van der Waals surface area contributed by atoms with Crippen molar-refractivity contribution in [3.63, 3.8) is 0 Å². The van der Waals surface area contributed by atoms with Crippen LogP contribution in [0.3, 0.4) is 0 Å². The number of hydrogen-bond acceptors (Lipinski definition) is 3. The number of benzene rings is 1. The van der Waals surface area contributed by atoms with Gasteiger partial charge in [-0.2, -0.15) is 0 Å². The molecule has 0 atom stereocenters. The Balaban J connectivity index is 2.91. The summed E-state index contributed by atoms with van der Waals surface area (Å²) in [5, 5.41) is 26.0. The summed E-state index contributed by atoms with van der Waals surface area (Å²) in [6.45, 7) is 0. The lowest BCUT2D eigenvalue weighted by Gasteiger charge is -1.99. The zero-order chi connectivity index (χ0) is 8.27. The summed E-state index contributed by atoms with van der Waals surface area (Å²) in [5.41, 5.74) is 0.920. The maximum absolute atomic E-state index is 8.70. The molecule has 0 saturated heterocycles. The molecular weight excluding hydrogens is 142 g/mol. The quantitative estimate of drug-likeness (QED) is 0.410. The van der Waals surface area contributed by atoms with Crippen LogP contribution in [-0.4, -0.2) is 29.7 Å². The molecule has 1 aromatic carbocycles. The minimum absolute atomic E-state index is 0.368. The van der Waals surface area contributed by atoms with Crippen LogP contribution in [0.1, 0.15) is 0 Å². The van der Waals surface area contributed by atoms with Crippen molar-refractivity contribution in [2.45, 2.75) is 0 Å². The van der Waals surface area contributed by atoms with Gasteiger partial charge in [0.2, 0.25) is 0 Å². The van der Waals surface area contributed by atoms with E-state index < -0.39 is 7.12 Å². The highest BCUT2D eigenvalue weighted by molar-refractivity contribution is 6.59. The lowest BCUT2D eigenvalue weighted by atomic mass is 9.76. The van der Waals surface area contributed by atoms with Gasteiger partial charge in [0, 0.05) is 0 Å². The predicted molar refractivity (Wildman–Crippen MR) is 43.9 cm³/mol. The first kappa shape index (κ1) is 8.33. The van der Waals surface area contributed by atoms with Gasteiger partial charge in [-0.3, -0.25) is 0 Å². The van der Waals surface area contributed by atoms with E-state index in [9.17, 15) is 0 Å². The van der Waals surface area contributed by atoms with Crippen LogP contribution in [0.4, 0.5) is 0 Å². The van der Waals surface area contributed by atoms with Crippen molar-refractivity contribution in [1.29, 1.82) is 0 Å². The summed E-state index contributed by atoms with van der Waals surface area (Å²) < 4.78 is 0. The van der Waals surface area contributed by atoms with E-state index >= 15 is 0 Å². The Kier molecular flexibility index (Phi) is 2.70. The Morgan fingerprint density at radius 2 is 2.00 bits per heavy atom. The molecule has 0 aliphatic heterocycles. The molecule has 3 N–H and O–H groups in total. The fourth-order valence-electron chi connectivity index (χ4n) is 0.800. The van der Waals surface area contributed by atoms with Gasteiger partial charge in [-0.1, -0.05) is 29.7 Å². The van der Waals surface area contributed by atoms with Crippen LogP contribution in [-0.2, 0) is 0 Å². The highest BCUT2D eigenvalue weighted by atomic mass is 16.4. The summed E-state index contributed by atoms with van der Waals surface area (Å²) >= 11 is 0. The Bertz CT molecular complexity index is 239. The summed E-state index contributed by atoms with van der Waals surface area (Å²) in [7, 11) is -0.568. The molecule has 11 heavy (non-hydrogen) atoms. The third-order valence-electron chi connectivity index (χ3n) is 1.36. The zero-order valence-electron chi connectivity index (χ0n) is 5.81. The van der Waals surface area contributed by atoms with Crippen LogP contribution in [0.5, 0.6) is 0 Å². The van der Waals surface area contributed by atoms with Gasteiger partial charge in [0.15, 0.2) is 0 Å². The van der Waals surface area contributed by atoms with E-state index in [2.05, 4.69) is 0 Å². The van der Waals surface area contributed by atoms with Gasteiger partial charge in [0.05, 0.1) is 0 Å². The third kappa shape index (κ3) is 2.08. The van der Waals surface area contributed by atoms with Crippen LogP contribution >= 0.6 is 0 Å². The van der Waals surface area contributed by atoms with Crippen LogP contribution in [0, 0.1) is 0 Å². The molecule has 1 aromatic rings. The lowest BCUT2D eigenvalue weighted by Crippen LogP contribution is -2.33. The molecular formula is C6H7B2O3. The van der Waals surface area contributed by atoms with Crippen molar-refractivity contribution < 1.29 is 15.1 Å². The van der Waals surface area contributed by atoms with E-state index in [1.54, 1.807) is 18.2 Å². The maximum Gasteiger partial charge on any atom is 0.488 e. The van der Waals surface area contributed by atoms with E-state index in [4.69, 9.17) is 15.1 Å². The number of hydrogen-bond donors (Lipinski definition) is 3. The normalized spacial score (nSPS) is 9.36. The molecule has 3 nitrogen and oxygen atoms in total. The molecule has 1 radical (unpaired) electrons. The topological polar surface area (TPSA) is 60.7 Å². The molecule has 0 aliphatic rings. The minimum atomic E-state index is -1.48. The van der Waals surface area contributed by atoms with E-state index in [1.165, 1.54) is 6.07 Å². The van der Waals surface area contributed by atoms with Gasteiger partial charge in [0.25, 0.3) is 0 Å². The minimum Gasteiger partial charge on any atom is -0.450 e. The van der Waals surface area contributed by atoms with E-state index in [0.717, 1.165) is 7.48 Å². The molecule has 0 bridgehead atoms. The van der Waals surface area contributed by atoms with E-state index in [-0.39, 0.29) is 0 Å². The Morgan fingerprint density at radius 1 is 1.27 bits per heavy atom. The standard InChI is InChI=1S/C6H7B2O3/c9-7-5-2-1-3-6(4-5)8(10)11/h1-4,9-11H. The highest BCUT2D eigenvalue weighted by Gasteiger charge is 2.10. The van der Waals surface area contributed by atoms with Crippen molar-refractivity contribution in [3.05, 3.63) is 24.3 Å². The zero-order valence-corrected chi connectivity index (χ0v) is 5.81. The smallest absolute Gasteiger partial charge is 0.450 e. The Hall–Kier alpha value is -0.770. The largest absolute Gasteiger partial charge is 0.488 e. The molecule has 0 aliphatic carbocycles. The summed E-state index contributed by atoms with van der Waals surface area (Å²) in [6.07, 6.45) is 0. The van der Waals surface area contributed by atoms with Crippen LogP contribution < -0.4 is 10.9 Å². The molecule has 55 valence electrons. The summed E-state index contributed by atoms with van der Waals surface area (Å²) in [6, 6.07) is 6.35. The average Bonchev–Trinajstić information content (AvgIpc) is 2.05. The van der Waals surface area contributed by atoms with Gasteiger partial charge >= 0.3 is 14.6 Å². The van der Waals surface area contributed by atoms with Crippen LogP contribution in [0.15, 0.2) is 24.3 Å². The van der Waals surface area contributed by atoms with Crippen molar-refractivity contribution in [1.82, 2.24) is 0 Å². The first-order valence-corrected chi connectivity index (χ1v) is 3.17. The first-order valence-electron chi connectivity index (χ1n) is 3.17. The first-order chi connectivity index (χ1) is 5.24. The molecule has 0 saturated carbocycles. The molecule has 5 heteroatoms. The van der Waals surface area contributed by atoms with Gasteiger partial charge < -0.3 is 15.1 Å². The monoisotopic (exact) mass is 149 g/mol. The van der Waals surface area contributed by atoms with Gasteiger partial charge in [-0.05, 0) is 5.46 Å². The van der Waals surface area contributed by atoms with Crippen molar-refractivity contribution in [3.8, 4) is 0 Å². The predicted octanol–water partition coefficient (Wildman–Crippen LogP) is -2.40. The fourth-order valence-corrected chi connectivity index (χ4v) is 0.800. The molecule has 0 aromatic heterocycles. The average molecular weight is 149 g/mol. The molecule has 1 rings (SSSR count). The Morgan fingerprint density at radius 3 is 2.55 bits per heavy atom. The van der Waals surface area contributed by atoms with E-state index in [0.29, 0.717) is 10.9 Å². The fraction of sp³-hybridized carbons (Fsp3) is 0. The van der Waals surface area contributed by atoms with E-state index in [1.807, 2.05) is 0 Å². The third-order valence-corrected chi connectivity index (χ3v) is 1.36. The SMILES string of the molecule is O[B]c1cccc(B(O)O)c1. The molecule has 0 amide bonds. The maximum atomic E-state index is 8.70.